The maximum atomic E-state index is 12.3. The zero-order valence-electron chi connectivity index (χ0n) is 18.6. The van der Waals surface area contributed by atoms with Gasteiger partial charge in [0, 0.05) is 5.92 Å². The number of nitrogens with one attached hydrogen (secondary N) is 2. The summed E-state index contributed by atoms with van der Waals surface area (Å²) in [7, 11) is 0. The summed E-state index contributed by atoms with van der Waals surface area (Å²) in [6.45, 7) is 1.77. The van der Waals surface area contributed by atoms with Crippen LogP contribution in [0.3, 0.4) is 0 Å². The Morgan fingerprint density at radius 3 is 2.35 bits per heavy atom. The molecule has 0 saturated heterocycles. The number of carbonyl (C=O) groups is 3. The topological polar surface area (TPSA) is 135 Å². The molecule has 176 valence electrons. The van der Waals surface area contributed by atoms with Gasteiger partial charge in [-0.1, -0.05) is 60.7 Å². The fourth-order valence-electron chi connectivity index (χ4n) is 4.03. The first-order valence-corrected chi connectivity index (χ1v) is 11.0. The lowest BCUT2D eigenvalue weighted by Gasteiger charge is -2.14. The van der Waals surface area contributed by atoms with Gasteiger partial charge in [0.25, 0.3) is 0 Å². The number of carboxylic acids is 1. The van der Waals surface area contributed by atoms with Crippen LogP contribution in [0.15, 0.2) is 54.7 Å². The highest BCUT2D eigenvalue weighted by atomic mass is 16.5. The van der Waals surface area contributed by atoms with Gasteiger partial charge in [0.1, 0.15) is 24.9 Å². The number of nitrogens with zero attached hydrogens (tertiary/aromatic N) is 3. The van der Waals surface area contributed by atoms with Crippen LogP contribution in [0.4, 0.5) is 4.79 Å². The molecule has 10 nitrogen and oxygen atoms in total. The maximum absolute atomic E-state index is 12.3. The summed E-state index contributed by atoms with van der Waals surface area (Å²) in [5, 5.41) is 21.8. The van der Waals surface area contributed by atoms with Gasteiger partial charge < -0.3 is 20.5 Å². The Balaban J connectivity index is 1.27. The monoisotopic (exact) mass is 463 g/mol. The number of ether oxygens (including phenoxy) is 1. The summed E-state index contributed by atoms with van der Waals surface area (Å²) in [5.74, 6) is -1.62. The summed E-state index contributed by atoms with van der Waals surface area (Å²) < 4.78 is 6.76. The smallest absolute Gasteiger partial charge is 0.407 e. The van der Waals surface area contributed by atoms with Crippen molar-refractivity contribution in [3.8, 4) is 11.1 Å². The van der Waals surface area contributed by atoms with Crippen molar-refractivity contribution in [3.63, 3.8) is 0 Å². The van der Waals surface area contributed by atoms with E-state index in [4.69, 9.17) is 9.84 Å². The third-order valence-corrected chi connectivity index (χ3v) is 5.69. The molecule has 4 rings (SSSR count). The molecule has 10 heteroatoms. The largest absolute Gasteiger partial charge is 0.480 e. The summed E-state index contributed by atoms with van der Waals surface area (Å²) >= 11 is 0. The van der Waals surface area contributed by atoms with Crippen LogP contribution in [0.5, 0.6) is 0 Å². The van der Waals surface area contributed by atoms with Gasteiger partial charge in [-0.15, -0.1) is 5.10 Å². The third-order valence-electron chi connectivity index (χ3n) is 5.69. The molecule has 1 aromatic heterocycles. The average Bonchev–Trinajstić information content (AvgIpc) is 3.41. The highest BCUT2D eigenvalue weighted by Gasteiger charge is 2.29. The highest BCUT2D eigenvalue weighted by Crippen LogP contribution is 2.44. The molecular weight excluding hydrogens is 438 g/mol. The zero-order chi connectivity index (χ0) is 24.1. The molecule has 0 aliphatic heterocycles. The number of rotatable bonds is 9. The van der Waals surface area contributed by atoms with Crippen LogP contribution in [0, 0.1) is 0 Å². The Morgan fingerprint density at radius 2 is 1.74 bits per heavy atom. The summed E-state index contributed by atoms with van der Waals surface area (Å²) in [6.07, 6.45) is 1.19. The Kier molecular flexibility index (Phi) is 6.86. The Labute approximate surface area is 195 Å². The summed E-state index contributed by atoms with van der Waals surface area (Å²) in [6, 6.07) is 15.2. The van der Waals surface area contributed by atoms with E-state index in [-0.39, 0.29) is 32.0 Å². The van der Waals surface area contributed by atoms with E-state index in [0.29, 0.717) is 5.69 Å². The van der Waals surface area contributed by atoms with E-state index in [1.54, 1.807) is 6.92 Å². The van der Waals surface area contributed by atoms with Crippen LogP contribution in [0.2, 0.25) is 0 Å². The first-order valence-electron chi connectivity index (χ1n) is 11.0. The minimum Gasteiger partial charge on any atom is -0.480 e. The van der Waals surface area contributed by atoms with Crippen LogP contribution in [0.1, 0.15) is 36.1 Å². The number of amides is 2. The summed E-state index contributed by atoms with van der Waals surface area (Å²) in [5.41, 5.74) is 5.01. The van der Waals surface area contributed by atoms with Crippen LogP contribution in [-0.2, 0) is 27.4 Å². The standard InChI is InChI=1S/C24H25N5O5/c1-2-21(23(31)32)26-22(30)13-29-12-15(27-28-29)11-25-24(33)34-14-20-18-9-5-3-7-16(18)17-8-4-6-10-19(17)20/h3-10,12,20-21H,2,11,13-14H2,1H3,(H,25,33)(H,26,30)(H,31,32)/t21-/m1/s1. The van der Waals surface area contributed by atoms with Gasteiger partial charge in [0.15, 0.2) is 0 Å². The lowest BCUT2D eigenvalue weighted by Crippen LogP contribution is -2.41. The molecule has 1 heterocycles. The lowest BCUT2D eigenvalue weighted by atomic mass is 9.98. The average molecular weight is 463 g/mol. The molecule has 0 radical (unpaired) electrons. The van der Waals surface area contributed by atoms with Crippen LogP contribution in [0.25, 0.3) is 11.1 Å². The molecule has 1 aliphatic rings. The van der Waals surface area contributed by atoms with Crippen molar-refractivity contribution in [2.75, 3.05) is 6.61 Å². The number of hydrogen-bond donors (Lipinski definition) is 3. The molecule has 1 atom stereocenters. The lowest BCUT2D eigenvalue weighted by molar-refractivity contribution is -0.142. The van der Waals surface area contributed by atoms with Gasteiger partial charge in [-0.25, -0.2) is 14.3 Å². The van der Waals surface area contributed by atoms with E-state index in [2.05, 4.69) is 45.2 Å². The van der Waals surface area contributed by atoms with E-state index >= 15 is 0 Å². The number of hydrogen-bond acceptors (Lipinski definition) is 6. The van der Waals surface area contributed by atoms with E-state index in [9.17, 15) is 14.4 Å². The van der Waals surface area contributed by atoms with Crippen molar-refractivity contribution < 1.29 is 24.2 Å². The van der Waals surface area contributed by atoms with Gasteiger partial charge >= 0.3 is 12.1 Å². The predicted molar refractivity (Wildman–Crippen MR) is 122 cm³/mol. The molecule has 34 heavy (non-hydrogen) atoms. The van der Waals surface area contributed by atoms with Crippen molar-refractivity contribution in [2.24, 2.45) is 0 Å². The van der Waals surface area contributed by atoms with Gasteiger partial charge in [-0.05, 0) is 28.7 Å². The molecule has 1 aliphatic carbocycles. The number of carbonyl (C=O) groups excluding carboxylic acids is 2. The molecular formula is C24H25N5O5. The number of alkyl carbamates (subject to hydrolysis) is 1. The normalized spacial score (nSPS) is 13.0. The van der Waals surface area contributed by atoms with E-state index < -0.39 is 24.0 Å². The fraction of sp³-hybridized carbons (Fsp3) is 0.292. The molecule has 0 bridgehead atoms. The first-order chi connectivity index (χ1) is 16.5. The Bertz CT molecular complexity index is 1160. The van der Waals surface area contributed by atoms with E-state index in [1.807, 2.05) is 24.3 Å². The maximum Gasteiger partial charge on any atom is 0.407 e. The molecule has 0 spiro atoms. The molecule has 2 amide bonds. The minimum atomic E-state index is -1.09. The van der Waals surface area contributed by atoms with Crippen molar-refractivity contribution in [1.29, 1.82) is 0 Å². The molecule has 0 saturated carbocycles. The highest BCUT2D eigenvalue weighted by molar-refractivity contribution is 5.83. The minimum absolute atomic E-state index is 0.0321. The predicted octanol–water partition coefficient (Wildman–Crippen LogP) is 2.30. The Hall–Kier alpha value is -4.21. The molecule has 3 N–H and O–H groups in total. The second-order valence-corrected chi connectivity index (χ2v) is 7.95. The quantitative estimate of drug-likeness (QED) is 0.443. The van der Waals surface area contributed by atoms with Crippen LogP contribution in [-0.4, -0.2) is 50.7 Å². The fourth-order valence-corrected chi connectivity index (χ4v) is 4.03. The SMILES string of the molecule is CC[C@@H](NC(=O)Cn1cc(CNC(=O)OCC2c3ccccc3-c3ccccc32)nn1)C(=O)O. The van der Waals surface area contributed by atoms with Gasteiger partial charge in [0.05, 0.1) is 12.7 Å². The number of aliphatic carboxylic acids is 1. The molecule has 0 unspecified atom stereocenters. The van der Waals surface area contributed by atoms with Crippen LogP contribution >= 0.6 is 0 Å². The second-order valence-electron chi connectivity index (χ2n) is 7.95. The van der Waals surface area contributed by atoms with E-state index in [1.165, 1.54) is 10.9 Å². The molecule has 3 aromatic rings. The number of aromatic nitrogens is 3. The van der Waals surface area contributed by atoms with Crippen molar-refractivity contribution in [1.82, 2.24) is 25.6 Å². The van der Waals surface area contributed by atoms with Crippen molar-refractivity contribution in [3.05, 3.63) is 71.5 Å². The van der Waals surface area contributed by atoms with Crippen molar-refractivity contribution >= 4 is 18.0 Å². The molecule has 2 aromatic carbocycles. The van der Waals surface area contributed by atoms with Gasteiger partial charge in [-0.3, -0.25) is 4.79 Å². The number of carboxylic acid groups (broad SMARTS) is 1. The third kappa shape index (κ3) is 5.06. The van der Waals surface area contributed by atoms with E-state index in [0.717, 1.165) is 22.3 Å². The van der Waals surface area contributed by atoms with Crippen LogP contribution < -0.4 is 10.6 Å². The van der Waals surface area contributed by atoms with Gasteiger partial charge in [-0.2, -0.15) is 0 Å². The zero-order valence-corrected chi connectivity index (χ0v) is 18.6. The van der Waals surface area contributed by atoms with Gasteiger partial charge in [0.2, 0.25) is 5.91 Å². The summed E-state index contributed by atoms with van der Waals surface area (Å²) in [4.78, 5) is 35.3. The molecule has 0 fully saturated rings. The van der Waals surface area contributed by atoms with Crippen molar-refractivity contribution in [2.45, 2.75) is 38.4 Å². The number of fused-ring (bicyclic) bond motifs is 3. The first kappa shape index (κ1) is 23.0. The number of benzene rings is 2. The second kappa shape index (κ2) is 10.2. The Morgan fingerprint density at radius 1 is 1.09 bits per heavy atom.